The van der Waals surface area contributed by atoms with Crippen LogP contribution >= 0.6 is 11.3 Å². The zero-order chi connectivity index (χ0) is 21.4. The molecule has 5 rings (SSSR count). The highest BCUT2D eigenvalue weighted by Crippen LogP contribution is 2.28. The number of piperazine rings is 1. The number of thiazole rings is 1. The molecule has 2 saturated heterocycles. The van der Waals surface area contributed by atoms with Crippen LogP contribution in [0.3, 0.4) is 0 Å². The lowest BCUT2D eigenvalue weighted by atomic mass is 10.1. The first kappa shape index (κ1) is 19.6. The second-order valence-corrected chi connectivity index (χ2v) is 8.63. The average molecular weight is 436 g/mol. The van der Waals surface area contributed by atoms with E-state index in [1.54, 1.807) is 29.7 Å². The monoisotopic (exact) mass is 435 g/mol. The van der Waals surface area contributed by atoms with Gasteiger partial charge in [0.15, 0.2) is 5.13 Å². The Hall–Kier alpha value is -3.33. The van der Waals surface area contributed by atoms with Gasteiger partial charge in [0.2, 0.25) is 11.8 Å². The van der Waals surface area contributed by atoms with Gasteiger partial charge in [-0.25, -0.2) is 9.97 Å². The summed E-state index contributed by atoms with van der Waals surface area (Å²) < 4.78 is 0. The molecule has 2 fully saturated rings. The first-order valence-electron chi connectivity index (χ1n) is 10.3. The maximum atomic E-state index is 12.9. The zero-order valence-electron chi connectivity index (χ0n) is 16.9. The molecule has 158 valence electrons. The molecular formula is C22H21N5O3S. The molecule has 0 bridgehead atoms. The van der Waals surface area contributed by atoms with Gasteiger partial charge in [0, 0.05) is 50.8 Å². The molecule has 3 amide bonds. The van der Waals surface area contributed by atoms with E-state index >= 15 is 0 Å². The smallest absolute Gasteiger partial charge is 0.253 e. The van der Waals surface area contributed by atoms with Crippen LogP contribution in [0.2, 0.25) is 0 Å². The molecule has 0 saturated carbocycles. The standard InChI is InChI=1S/C22H21N5O3S/c28-18-7-8-19(29)27(18)14-15-3-5-16(6-4-15)21(30)25-10-12-26(13-11-25)22-24-17-2-1-9-23-20(17)31-22/h1-6,9H,7-8,10-14H2. The lowest BCUT2D eigenvalue weighted by molar-refractivity contribution is -0.139. The number of likely N-dealkylation sites (tertiary alicyclic amines) is 1. The molecular weight excluding hydrogens is 414 g/mol. The highest BCUT2D eigenvalue weighted by atomic mass is 32.1. The van der Waals surface area contributed by atoms with Crippen LogP contribution in [0.25, 0.3) is 10.3 Å². The summed E-state index contributed by atoms with van der Waals surface area (Å²) in [5.41, 5.74) is 2.35. The second-order valence-electron chi connectivity index (χ2n) is 7.67. The summed E-state index contributed by atoms with van der Waals surface area (Å²) in [4.78, 5) is 51.7. The second kappa shape index (κ2) is 8.07. The van der Waals surface area contributed by atoms with Crippen molar-refractivity contribution in [3.63, 3.8) is 0 Å². The Morgan fingerprint density at radius 3 is 2.35 bits per heavy atom. The minimum absolute atomic E-state index is 0.00880. The van der Waals surface area contributed by atoms with Gasteiger partial charge < -0.3 is 9.80 Å². The van der Waals surface area contributed by atoms with E-state index in [9.17, 15) is 14.4 Å². The Kier molecular flexibility index (Phi) is 5.11. The molecule has 0 spiro atoms. The van der Waals surface area contributed by atoms with Gasteiger partial charge in [-0.2, -0.15) is 0 Å². The Bertz CT molecular complexity index is 1100. The third-order valence-electron chi connectivity index (χ3n) is 5.69. The zero-order valence-corrected chi connectivity index (χ0v) is 17.7. The van der Waals surface area contributed by atoms with Crippen molar-refractivity contribution in [3.05, 3.63) is 53.7 Å². The summed E-state index contributed by atoms with van der Waals surface area (Å²) in [5.74, 6) is -0.274. The molecule has 2 aliphatic heterocycles. The van der Waals surface area contributed by atoms with Crippen LogP contribution in [0.4, 0.5) is 5.13 Å². The van der Waals surface area contributed by atoms with E-state index in [1.165, 1.54) is 4.90 Å². The average Bonchev–Trinajstić information content (AvgIpc) is 3.38. The minimum atomic E-state index is -0.132. The van der Waals surface area contributed by atoms with E-state index in [-0.39, 0.29) is 37.1 Å². The molecule has 0 radical (unpaired) electrons. The third kappa shape index (κ3) is 3.88. The van der Waals surface area contributed by atoms with Crippen LogP contribution in [-0.2, 0) is 16.1 Å². The third-order valence-corrected chi connectivity index (χ3v) is 6.73. The Labute approximate surface area is 183 Å². The molecule has 8 nitrogen and oxygen atoms in total. The fraction of sp³-hybridized carbons (Fsp3) is 0.318. The molecule has 0 unspecified atom stereocenters. The van der Waals surface area contributed by atoms with Crippen molar-refractivity contribution in [3.8, 4) is 0 Å². The first-order chi connectivity index (χ1) is 15.1. The predicted octanol–water partition coefficient (Wildman–Crippen LogP) is 2.30. The van der Waals surface area contributed by atoms with Gasteiger partial charge in [0.05, 0.1) is 6.54 Å². The van der Waals surface area contributed by atoms with E-state index in [0.29, 0.717) is 18.7 Å². The number of pyridine rings is 1. The summed E-state index contributed by atoms with van der Waals surface area (Å²) in [6.07, 6.45) is 2.34. The van der Waals surface area contributed by atoms with E-state index in [2.05, 4.69) is 14.9 Å². The Balaban J connectivity index is 1.20. The Morgan fingerprint density at radius 1 is 0.968 bits per heavy atom. The summed E-state index contributed by atoms with van der Waals surface area (Å²) in [6.45, 7) is 2.97. The van der Waals surface area contributed by atoms with Crippen molar-refractivity contribution in [2.24, 2.45) is 0 Å². The van der Waals surface area contributed by atoms with Crippen LogP contribution in [0, 0.1) is 0 Å². The highest BCUT2D eigenvalue weighted by molar-refractivity contribution is 7.21. The molecule has 2 aliphatic rings. The van der Waals surface area contributed by atoms with Gasteiger partial charge in [-0.1, -0.05) is 23.5 Å². The van der Waals surface area contributed by atoms with Gasteiger partial charge >= 0.3 is 0 Å². The summed E-state index contributed by atoms with van der Waals surface area (Å²) in [5, 5.41) is 0.941. The molecule has 31 heavy (non-hydrogen) atoms. The Morgan fingerprint density at radius 2 is 1.68 bits per heavy atom. The van der Waals surface area contributed by atoms with Crippen LogP contribution < -0.4 is 4.90 Å². The molecule has 1 aromatic carbocycles. The normalized spacial score (nSPS) is 17.1. The van der Waals surface area contributed by atoms with Crippen molar-refractivity contribution in [1.29, 1.82) is 0 Å². The summed E-state index contributed by atoms with van der Waals surface area (Å²) in [6, 6.07) is 11.0. The number of amides is 3. The first-order valence-corrected chi connectivity index (χ1v) is 11.1. The van der Waals surface area contributed by atoms with Crippen molar-refractivity contribution in [2.45, 2.75) is 19.4 Å². The van der Waals surface area contributed by atoms with Crippen LogP contribution in [-0.4, -0.2) is 63.7 Å². The lowest BCUT2D eigenvalue weighted by Crippen LogP contribution is -2.48. The lowest BCUT2D eigenvalue weighted by Gasteiger charge is -2.34. The van der Waals surface area contributed by atoms with Gasteiger partial charge in [-0.05, 0) is 29.8 Å². The van der Waals surface area contributed by atoms with Gasteiger partial charge in [-0.3, -0.25) is 19.3 Å². The predicted molar refractivity (Wildman–Crippen MR) is 117 cm³/mol. The fourth-order valence-corrected chi connectivity index (χ4v) is 4.87. The minimum Gasteiger partial charge on any atom is -0.344 e. The topological polar surface area (TPSA) is 86.7 Å². The van der Waals surface area contributed by atoms with E-state index in [1.807, 2.05) is 29.2 Å². The number of hydrogen-bond donors (Lipinski definition) is 0. The van der Waals surface area contributed by atoms with Crippen molar-refractivity contribution >= 4 is 44.5 Å². The number of benzene rings is 1. The van der Waals surface area contributed by atoms with E-state index in [4.69, 9.17) is 0 Å². The quantitative estimate of drug-likeness (QED) is 0.585. The van der Waals surface area contributed by atoms with E-state index in [0.717, 1.165) is 34.1 Å². The van der Waals surface area contributed by atoms with Crippen molar-refractivity contribution < 1.29 is 14.4 Å². The fourth-order valence-electron chi connectivity index (χ4n) is 3.91. The van der Waals surface area contributed by atoms with Crippen molar-refractivity contribution in [2.75, 3.05) is 31.1 Å². The number of rotatable bonds is 4. The molecule has 9 heteroatoms. The van der Waals surface area contributed by atoms with Crippen molar-refractivity contribution in [1.82, 2.24) is 19.8 Å². The summed E-state index contributed by atoms with van der Waals surface area (Å²) >= 11 is 1.57. The number of aromatic nitrogens is 2. The highest BCUT2D eigenvalue weighted by Gasteiger charge is 2.29. The maximum absolute atomic E-state index is 12.9. The van der Waals surface area contributed by atoms with Gasteiger partial charge in [0.1, 0.15) is 10.3 Å². The summed E-state index contributed by atoms with van der Waals surface area (Å²) in [7, 11) is 0. The number of imide groups is 1. The molecule has 0 atom stereocenters. The number of carbonyl (C=O) groups excluding carboxylic acids is 3. The number of carbonyl (C=O) groups is 3. The number of fused-ring (bicyclic) bond motifs is 1. The molecule has 2 aromatic heterocycles. The largest absolute Gasteiger partial charge is 0.344 e. The maximum Gasteiger partial charge on any atom is 0.253 e. The number of hydrogen-bond acceptors (Lipinski definition) is 7. The van der Waals surface area contributed by atoms with Gasteiger partial charge in [-0.15, -0.1) is 0 Å². The number of anilines is 1. The SMILES string of the molecule is O=C(c1ccc(CN2C(=O)CCC2=O)cc1)N1CCN(c2nc3cccnc3s2)CC1. The van der Waals surface area contributed by atoms with Crippen LogP contribution in [0.5, 0.6) is 0 Å². The molecule has 0 N–H and O–H groups in total. The van der Waals surface area contributed by atoms with Crippen LogP contribution in [0.1, 0.15) is 28.8 Å². The molecule has 3 aromatic rings. The van der Waals surface area contributed by atoms with E-state index < -0.39 is 0 Å². The van der Waals surface area contributed by atoms with Crippen LogP contribution in [0.15, 0.2) is 42.6 Å². The number of nitrogens with zero attached hydrogens (tertiary/aromatic N) is 5. The molecule has 0 aliphatic carbocycles. The van der Waals surface area contributed by atoms with Gasteiger partial charge in [0.25, 0.3) is 5.91 Å². The molecule has 4 heterocycles.